The lowest BCUT2D eigenvalue weighted by Gasteiger charge is -2.26. The second-order valence-corrected chi connectivity index (χ2v) is 8.22. The van der Waals surface area contributed by atoms with Crippen LogP contribution in [0.15, 0.2) is 4.99 Å². The Morgan fingerprint density at radius 1 is 1.21 bits per heavy atom. The van der Waals surface area contributed by atoms with Crippen LogP contribution in [0.2, 0.25) is 0 Å². The molecule has 7 heteroatoms. The Hall–Kier alpha value is -2.05. The van der Waals surface area contributed by atoms with Crippen molar-refractivity contribution in [3.63, 3.8) is 0 Å². The molecule has 0 aromatic carbocycles. The number of aliphatic imine (C=N–C) groups is 1. The summed E-state index contributed by atoms with van der Waals surface area (Å²) >= 11 is 0. The van der Waals surface area contributed by atoms with Gasteiger partial charge in [0, 0.05) is 49.9 Å². The highest BCUT2D eigenvalue weighted by molar-refractivity contribution is 5.81. The number of amides is 1. The number of nitrogens with zero attached hydrogens (tertiary/aromatic N) is 4. The van der Waals surface area contributed by atoms with E-state index >= 15 is 0 Å². The van der Waals surface area contributed by atoms with Crippen LogP contribution >= 0.6 is 0 Å². The van der Waals surface area contributed by atoms with E-state index < -0.39 is 0 Å². The van der Waals surface area contributed by atoms with E-state index in [4.69, 9.17) is 4.99 Å². The molecule has 1 atom stereocenters. The number of hydrogen-bond acceptors (Lipinski definition) is 3. The molecule has 1 aliphatic heterocycles. The number of aryl methyl sites for hydroxylation is 2. The molecule has 7 nitrogen and oxygen atoms in total. The standard InChI is InChI=1S/C21H36N6O/c1-5-22-21(23-13-19-15(2)25-26(4)16(19)3)24-18-11-12-27(14-18)20(28)17-9-7-6-8-10-17/h17-18H,5-14H2,1-4H3,(H2,22,23,24). The van der Waals surface area contributed by atoms with Gasteiger partial charge in [-0.2, -0.15) is 5.10 Å². The van der Waals surface area contributed by atoms with Gasteiger partial charge in [0.15, 0.2) is 5.96 Å². The van der Waals surface area contributed by atoms with Crippen LogP contribution in [-0.4, -0.2) is 52.2 Å². The Kier molecular flexibility index (Phi) is 6.97. The molecule has 2 aliphatic rings. The van der Waals surface area contributed by atoms with Crippen molar-refractivity contribution in [2.24, 2.45) is 18.0 Å². The molecule has 2 N–H and O–H groups in total. The molecule has 0 spiro atoms. The highest BCUT2D eigenvalue weighted by atomic mass is 16.2. The van der Waals surface area contributed by atoms with Crippen LogP contribution in [0.4, 0.5) is 0 Å². The Morgan fingerprint density at radius 3 is 2.61 bits per heavy atom. The molecule has 0 bridgehead atoms. The van der Waals surface area contributed by atoms with Gasteiger partial charge in [-0.05, 0) is 40.0 Å². The van der Waals surface area contributed by atoms with E-state index in [1.807, 2.05) is 18.7 Å². The number of hydrogen-bond donors (Lipinski definition) is 2. The van der Waals surface area contributed by atoms with Crippen LogP contribution < -0.4 is 10.6 Å². The average Bonchev–Trinajstić information content (AvgIpc) is 3.25. The predicted octanol–water partition coefficient (Wildman–Crippen LogP) is 2.27. The molecular weight excluding hydrogens is 352 g/mol. The van der Waals surface area contributed by atoms with E-state index in [0.717, 1.165) is 56.2 Å². The molecular formula is C21H36N6O. The van der Waals surface area contributed by atoms with Gasteiger partial charge in [0.1, 0.15) is 0 Å². The summed E-state index contributed by atoms with van der Waals surface area (Å²) in [6.07, 6.45) is 6.81. The molecule has 1 saturated carbocycles. The van der Waals surface area contributed by atoms with Crippen LogP contribution in [0.5, 0.6) is 0 Å². The monoisotopic (exact) mass is 388 g/mol. The number of likely N-dealkylation sites (tertiary alicyclic amines) is 1. The zero-order valence-electron chi connectivity index (χ0n) is 17.9. The number of nitrogens with one attached hydrogen (secondary N) is 2. The van der Waals surface area contributed by atoms with Gasteiger partial charge >= 0.3 is 0 Å². The molecule has 3 rings (SSSR count). The van der Waals surface area contributed by atoms with E-state index in [-0.39, 0.29) is 12.0 Å². The largest absolute Gasteiger partial charge is 0.357 e. The minimum Gasteiger partial charge on any atom is -0.357 e. The highest BCUT2D eigenvalue weighted by Crippen LogP contribution is 2.26. The second kappa shape index (κ2) is 9.43. The quantitative estimate of drug-likeness (QED) is 0.599. The Bertz CT molecular complexity index is 704. The lowest BCUT2D eigenvalue weighted by Crippen LogP contribution is -2.45. The van der Waals surface area contributed by atoms with E-state index in [9.17, 15) is 4.79 Å². The van der Waals surface area contributed by atoms with Crippen molar-refractivity contribution in [3.05, 3.63) is 17.0 Å². The maximum atomic E-state index is 12.8. The first-order valence-electron chi connectivity index (χ1n) is 10.8. The predicted molar refractivity (Wildman–Crippen MR) is 112 cm³/mol. The summed E-state index contributed by atoms with van der Waals surface area (Å²) in [6.45, 7) is 9.25. The van der Waals surface area contributed by atoms with Crippen LogP contribution in [0.3, 0.4) is 0 Å². The summed E-state index contributed by atoms with van der Waals surface area (Å²) in [5.41, 5.74) is 3.37. The van der Waals surface area contributed by atoms with Crippen molar-refractivity contribution < 1.29 is 4.79 Å². The minimum atomic E-state index is 0.255. The van der Waals surface area contributed by atoms with Gasteiger partial charge in [0.25, 0.3) is 0 Å². The highest BCUT2D eigenvalue weighted by Gasteiger charge is 2.31. The van der Waals surface area contributed by atoms with E-state index in [2.05, 4.69) is 34.5 Å². The Labute approximate surface area is 169 Å². The summed E-state index contributed by atoms with van der Waals surface area (Å²) < 4.78 is 1.91. The molecule has 0 radical (unpaired) electrons. The van der Waals surface area contributed by atoms with Crippen molar-refractivity contribution in [3.8, 4) is 0 Å². The lowest BCUT2D eigenvalue weighted by atomic mass is 9.88. The zero-order chi connectivity index (χ0) is 20.1. The first kappa shape index (κ1) is 20.7. The molecule has 1 unspecified atom stereocenters. The summed E-state index contributed by atoms with van der Waals surface area (Å²) in [7, 11) is 1.97. The summed E-state index contributed by atoms with van der Waals surface area (Å²) in [6, 6.07) is 0.265. The summed E-state index contributed by atoms with van der Waals surface area (Å²) in [5, 5.41) is 11.4. The van der Waals surface area contributed by atoms with Crippen LogP contribution in [-0.2, 0) is 18.4 Å². The lowest BCUT2D eigenvalue weighted by molar-refractivity contribution is -0.135. The smallest absolute Gasteiger partial charge is 0.225 e. The zero-order valence-corrected chi connectivity index (χ0v) is 17.9. The summed E-state index contributed by atoms with van der Waals surface area (Å²) in [4.78, 5) is 19.6. The van der Waals surface area contributed by atoms with Gasteiger partial charge < -0.3 is 15.5 Å². The average molecular weight is 389 g/mol. The van der Waals surface area contributed by atoms with Crippen LogP contribution in [0.25, 0.3) is 0 Å². The van der Waals surface area contributed by atoms with Gasteiger partial charge in [-0.3, -0.25) is 9.48 Å². The van der Waals surface area contributed by atoms with Crippen LogP contribution in [0.1, 0.15) is 62.4 Å². The fraction of sp³-hybridized carbons (Fsp3) is 0.762. The molecule has 1 aromatic rings. The van der Waals surface area contributed by atoms with E-state index in [1.54, 1.807) is 0 Å². The van der Waals surface area contributed by atoms with Crippen LogP contribution in [0, 0.1) is 19.8 Å². The number of carbonyl (C=O) groups excluding carboxylic acids is 1. The summed E-state index contributed by atoms with van der Waals surface area (Å²) in [5.74, 6) is 1.45. The van der Waals surface area contributed by atoms with Crippen molar-refractivity contribution in [2.75, 3.05) is 19.6 Å². The second-order valence-electron chi connectivity index (χ2n) is 8.22. The molecule has 1 aliphatic carbocycles. The Morgan fingerprint density at radius 2 is 1.96 bits per heavy atom. The fourth-order valence-electron chi connectivity index (χ4n) is 4.40. The van der Waals surface area contributed by atoms with Gasteiger partial charge in [-0.1, -0.05) is 19.3 Å². The minimum absolute atomic E-state index is 0.255. The third-order valence-corrected chi connectivity index (χ3v) is 6.19. The molecule has 1 amide bonds. The van der Waals surface area contributed by atoms with Crippen molar-refractivity contribution in [1.29, 1.82) is 0 Å². The molecule has 2 fully saturated rings. The SMILES string of the molecule is CCNC(=NCc1c(C)nn(C)c1C)NC1CCN(C(=O)C2CCCCC2)C1. The van der Waals surface area contributed by atoms with Crippen molar-refractivity contribution in [1.82, 2.24) is 25.3 Å². The van der Waals surface area contributed by atoms with Gasteiger partial charge in [-0.15, -0.1) is 0 Å². The fourth-order valence-corrected chi connectivity index (χ4v) is 4.40. The molecule has 2 heterocycles. The van der Waals surface area contributed by atoms with Gasteiger partial charge in [-0.25, -0.2) is 4.99 Å². The molecule has 156 valence electrons. The van der Waals surface area contributed by atoms with E-state index in [0.29, 0.717) is 12.5 Å². The molecule has 1 saturated heterocycles. The Balaban J connectivity index is 1.57. The first-order valence-corrected chi connectivity index (χ1v) is 10.8. The normalized spacial score (nSPS) is 21.2. The van der Waals surface area contributed by atoms with Gasteiger partial charge in [0.2, 0.25) is 5.91 Å². The topological polar surface area (TPSA) is 74.6 Å². The maximum absolute atomic E-state index is 12.8. The van der Waals surface area contributed by atoms with Crippen molar-refractivity contribution in [2.45, 2.75) is 71.9 Å². The number of carbonyl (C=O) groups is 1. The number of rotatable bonds is 5. The maximum Gasteiger partial charge on any atom is 0.225 e. The van der Waals surface area contributed by atoms with E-state index in [1.165, 1.54) is 24.8 Å². The number of guanidine groups is 1. The third-order valence-electron chi connectivity index (χ3n) is 6.19. The molecule has 28 heavy (non-hydrogen) atoms. The number of aromatic nitrogens is 2. The molecule has 1 aromatic heterocycles. The first-order chi connectivity index (χ1) is 13.5. The third kappa shape index (κ3) is 4.86. The van der Waals surface area contributed by atoms with Crippen molar-refractivity contribution >= 4 is 11.9 Å². The van der Waals surface area contributed by atoms with Gasteiger partial charge in [0.05, 0.1) is 12.2 Å².